The maximum absolute atomic E-state index is 13.0. The first-order valence-electron chi connectivity index (χ1n) is 32.8. The van der Waals surface area contributed by atoms with Crippen LogP contribution in [0.3, 0.4) is 0 Å². The lowest BCUT2D eigenvalue weighted by molar-refractivity contribution is -0.140. The van der Waals surface area contributed by atoms with E-state index in [9.17, 15) is 28.8 Å². The lowest BCUT2D eigenvalue weighted by atomic mass is 9.89. The third-order valence-electron chi connectivity index (χ3n) is 17.8. The average molecular weight is 1280 g/mol. The summed E-state index contributed by atoms with van der Waals surface area (Å²) in [6.07, 6.45) is 6.18. The maximum Gasteiger partial charge on any atom is 0.343 e. The second-order valence-electron chi connectivity index (χ2n) is 24.7. The van der Waals surface area contributed by atoms with Crippen molar-refractivity contribution in [2.24, 2.45) is 23.1 Å². The van der Waals surface area contributed by atoms with E-state index in [0.29, 0.717) is 47.6 Å². The van der Waals surface area contributed by atoms with Crippen molar-refractivity contribution in [3.05, 3.63) is 304 Å². The van der Waals surface area contributed by atoms with Crippen LogP contribution in [-0.2, 0) is 38.4 Å². The monoisotopic (exact) mass is 1280 g/mol. The van der Waals surface area contributed by atoms with E-state index in [1.165, 1.54) is 6.42 Å². The van der Waals surface area contributed by atoms with Crippen molar-refractivity contribution < 1.29 is 43.0 Å². The van der Waals surface area contributed by atoms with Gasteiger partial charge >= 0.3 is 17.9 Å². The van der Waals surface area contributed by atoms with E-state index in [4.69, 9.17) is 31.4 Å². The Hall–Kier alpha value is -10.5. The summed E-state index contributed by atoms with van der Waals surface area (Å²) in [4.78, 5) is 76.3. The van der Waals surface area contributed by atoms with Crippen LogP contribution in [0.1, 0.15) is 121 Å². The highest BCUT2D eigenvalue weighted by Gasteiger charge is 2.26. The third kappa shape index (κ3) is 18.0. The fraction of sp³-hybridized carbons (Fsp3) is 0.214. The zero-order chi connectivity index (χ0) is 67.5. The SMILES string of the molecule is Cc1ccc(C(=O)Oc2ccc(C(CN)C(=O)Cc3ccc4ccccc4c3)cc2)c(C)c1.Cc1ccccc1C(=O)Oc1ccc(C(CN)C(=O)Cc2ccc3ccccc3c2)cc1.NCC(C(=O)Cc1ccc2ccccc2c1)c1ccc(OC(=O)C2CCCCC2)cc1. The summed E-state index contributed by atoms with van der Waals surface area (Å²) in [5, 5.41) is 6.81. The predicted molar refractivity (Wildman–Crippen MR) is 382 cm³/mol. The molecule has 12 rings (SSSR count). The number of aryl methyl sites for hydroxylation is 3. The van der Waals surface area contributed by atoms with Crippen LogP contribution in [-0.4, -0.2) is 54.9 Å². The average Bonchev–Trinajstić information content (AvgIpc) is 1.28. The molecule has 1 saturated carbocycles. The molecule has 3 atom stereocenters. The number of fused-ring (bicyclic) bond motifs is 3. The first-order chi connectivity index (χ1) is 46.6. The van der Waals surface area contributed by atoms with Gasteiger partial charge in [0.2, 0.25) is 0 Å². The summed E-state index contributed by atoms with van der Waals surface area (Å²) in [5.74, 6) is -0.549. The molecular formula is C84H81N3O9. The molecule has 0 aliphatic heterocycles. The first-order valence-corrected chi connectivity index (χ1v) is 32.8. The van der Waals surface area contributed by atoms with E-state index in [1.807, 2.05) is 142 Å². The Morgan fingerprint density at radius 1 is 0.354 bits per heavy atom. The molecule has 1 aliphatic carbocycles. The molecule has 3 unspecified atom stereocenters. The molecule has 0 radical (unpaired) electrons. The van der Waals surface area contributed by atoms with Gasteiger partial charge < -0.3 is 31.4 Å². The van der Waals surface area contributed by atoms with Gasteiger partial charge in [0.15, 0.2) is 0 Å². The van der Waals surface area contributed by atoms with Crippen molar-refractivity contribution >= 4 is 67.6 Å². The van der Waals surface area contributed by atoms with Crippen LogP contribution in [0, 0.1) is 26.7 Å². The van der Waals surface area contributed by atoms with Crippen molar-refractivity contribution in [1.29, 1.82) is 0 Å². The number of rotatable bonds is 21. The number of benzene rings is 11. The minimum absolute atomic E-state index is 0.00810. The summed E-state index contributed by atoms with van der Waals surface area (Å²) in [6.45, 7) is 6.42. The van der Waals surface area contributed by atoms with Gasteiger partial charge in [-0.3, -0.25) is 19.2 Å². The summed E-state index contributed by atoms with van der Waals surface area (Å²) >= 11 is 0. The molecule has 12 nitrogen and oxygen atoms in total. The summed E-state index contributed by atoms with van der Waals surface area (Å²) in [6, 6.07) is 76.7. The molecule has 0 saturated heterocycles. The number of carbonyl (C=O) groups excluding carboxylic acids is 6. The molecule has 0 spiro atoms. The molecular weight excluding hydrogens is 1190 g/mol. The Morgan fingerprint density at radius 2 is 0.698 bits per heavy atom. The summed E-state index contributed by atoms with van der Waals surface area (Å²) in [7, 11) is 0. The number of hydrogen-bond donors (Lipinski definition) is 3. The van der Waals surface area contributed by atoms with E-state index >= 15 is 0 Å². The molecule has 11 aromatic carbocycles. The number of hydrogen-bond acceptors (Lipinski definition) is 12. The number of ketones is 3. The van der Waals surface area contributed by atoms with Crippen molar-refractivity contribution in [2.75, 3.05) is 19.6 Å². The van der Waals surface area contributed by atoms with Gasteiger partial charge in [0.1, 0.15) is 34.6 Å². The maximum atomic E-state index is 13.0. The molecule has 0 bridgehead atoms. The van der Waals surface area contributed by atoms with E-state index in [1.54, 1.807) is 78.9 Å². The Kier molecular flexibility index (Phi) is 23.5. The van der Waals surface area contributed by atoms with Crippen LogP contribution in [0.4, 0.5) is 0 Å². The molecule has 11 aromatic rings. The lowest BCUT2D eigenvalue weighted by Gasteiger charge is -2.20. The molecule has 0 aromatic heterocycles. The highest BCUT2D eigenvalue weighted by atomic mass is 16.5. The summed E-state index contributed by atoms with van der Waals surface area (Å²) < 4.78 is 16.6. The highest BCUT2D eigenvalue weighted by molar-refractivity contribution is 5.95. The van der Waals surface area contributed by atoms with Crippen LogP contribution in [0.2, 0.25) is 0 Å². The zero-order valence-electron chi connectivity index (χ0n) is 54.6. The molecule has 12 heteroatoms. The van der Waals surface area contributed by atoms with Crippen molar-refractivity contribution in [3.63, 3.8) is 0 Å². The molecule has 486 valence electrons. The predicted octanol–water partition coefficient (Wildman–Crippen LogP) is 15.9. The van der Waals surface area contributed by atoms with Gasteiger partial charge in [-0.25, -0.2) is 9.59 Å². The van der Waals surface area contributed by atoms with Gasteiger partial charge in [-0.1, -0.05) is 219 Å². The normalized spacial score (nSPS) is 13.0. The lowest BCUT2D eigenvalue weighted by Crippen LogP contribution is -2.24. The van der Waals surface area contributed by atoms with Crippen molar-refractivity contribution in [1.82, 2.24) is 0 Å². The fourth-order valence-corrected chi connectivity index (χ4v) is 12.4. The van der Waals surface area contributed by atoms with Gasteiger partial charge in [0.05, 0.1) is 34.8 Å². The standard InChI is InChI=1S/C29H27NO3.C28H25NO3.C27H29NO3/c1-19-7-14-26(20(2)15-19)29(32)33-25-12-10-23(11-13-25)27(18-30)28(31)17-21-8-9-22-5-3-4-6-24(22)16-21;1-19-6-2-5-9-25(19)28(31)32-24-14-12-22(13-15-24)26(18-29)27(30)17-20-10-11-21-7-3-4-8-23(21)16-20;28-18-25(26(29)17-19-10-11-20-6-4-5-9-23(20)16-19)21-12-14-24(15-13-21)31-27(30)22-7-2-1-3-8-22/h3-16,27H,17-18,30H2,1-2H3;2-16,26H,17-18,29H2,1H3;4-6,9-16,22,25H,1-3,7-8,17-18,28H2. The van der Waals surface area contributed by atoms with Gasteiger partial charge in [-0.15, -0.1) is 0 Å². The van der Waals surface area contributed by atoms with E-state index in [2.05, 4.69) is 42.5 Å². The second-order valence-corrected chi connectivity index (χ2v) is 24.7. The number of carbonyl (C=O) groups is 6. The largest absolute Gasteiger partial charge is 0.426 e. The van der Waals surface area contributed by atoms with Crippen LogP contribution < -0.4 is 31.4 Å². The van der Waals surface area contributed by atoms with Crippen molar-refractivity contribution in [3.8, 4) is 17.2 Å². The molecule has 96 heavy (non-hydrogen) atoms. The van der Waals surface area contributed by atoms with E-state index < -0.39 is 23.8 Å². The van der Waals surface area contributed by atoms with Crippen LogP contribution >= 0.6 is 0 Å². The van der Waals surface area contributed by atoms with Crippen LogP contribution in [0.15, 0.2) is 243 Å². The second kappa shape index (κ2) is 33.1. The number of esters is 3. The van der Waals surface area contributed by atoms with E-state index in [-0.39, 0.29) is 54.8 Å². The van der Waals surface area contributed by atoms with Crippen molar-refractivity contribution in [2.45, 2.75) is 89.9 Å². The van der Waals surface area contributed by atoms with Crippen LogP contribution in [0.5, 0.6) is 17.2 Å². The first kappa shape index (κ1) is 68.4. The smallest absolute Gasteiger partial charge is 0.343 e. The number of ether oxygens (including phenoxy) is 3. The zero-order valence-corrected chi connectivity index (χ0v) is 54.6. The molecule has 0 heterocycles. The minimum Gasteiger partial charge on any atom is -0.426 e. The molecule has 6 N–H and O–H groups in total. The molecule has 1 aliphatic rings. The minimum atomic E-state index is -0.416. The summed E-state index contributed by atoms with van der Waals surface area (Å²) in [5.41, 5.74) is 27.2. The number of nitrogens with two attached hydrogens (primary N) is 3. The van der Waals surface area contributed by atoms with Gasteiger partial charge in [0.25, 0.3) is 0 Å². The Balaban J connectivity index is 0.000000157. The van der Waals surface area contributed by atoms with Gasteiger partial charge in [0, 0.05) is 38.9 Å². The Morgan fingerprint density at radius 3 is 1.06 bits per heavy atom. The Bertz CT molecular complexity index is 4540. The quantitative estimate of drug-likeness (QED) is 0.0453. The Labute approximate surface area is 561 Å². The van der Waals surface area contributed by atoms with Crippen LogP contribution in [0.25, 0.3) is 32.3 Å². The topological polar surface area (TPSA) is 208 Å². The van der Waals surface area contributed by atoms with Gasteiger partial charge in [-0.2, -0.15) is 0 Å². The van der Waals surface area contributed by atoms with Gasteiger partial charge in [-0.05, 0) is 159 Å². The fourth-order valence-electron chi connectivity index (χ4n) is 12.4. The molecule has 1 fully saturated rings. The highest BCUT2D eigenvalue weighted by Crippen LogP contribution is 2.30. The molecule has 0 amide bonds. The van der Waals surface area contributed by atoms with E-state index in [0.717, 1.165) is 108 Å². The third-order valence-corrected chi connectivity index (χ3v) is 17.8. The number of Topliss-reactive ketones (excluding diaryl/α,β-unsaturated/α-hetero) is 3.